The van der Waals surface area contributed by atoms with Crippen LogP contribution in [0, 0.1) is 23.1 Å². The van der Waals surface area contributed by atoms with Crippen LogP contribution in [-0.4, -0.2) is 6.67 Å². The molecule has 1 radical (unpaired) electrons. The van der Waals surface area contributed by atoms with Crippen LogP contribution in [0.4, 0.5) is 8.78 Å². The van der Waals surface area contributed by atoms with Gasteiger partial charge in [0.25, 0.3) is 0 Å². The molecule has 0 N–H and O–H groups in total. The number of nitriles is 1. The molecule has 1 nitrogen and oxygen atoms in total. The van der Waals surface area contributed by atoms with Gasteiger partial charge in [-0.25, -0.2) is 4.39 Å². The van der Waals surface area contributed by atoms with Crippen molar-refractivity contribution in [3.8, 4) is 6.07 Å². The predicted octanol–water partition coefficient (Wildman–Crippen LogP) is 2.61. The van der Waals surface area contributed by atoms with E-state index in [1.54, 1.807) is 13.0 Å². The van der Waals surface area contributed by atoms with Crippen LogP contribution in [0.15, 0.2) is 18.2 Å². The molecular weight excluding hydrogens is 172 g/mol. The maximum Gasteiger partial charge on any atom is 0.141 e. The zero-order chi connectivity index (χ0) is 9.84. The van der Waals surface area contributed by atoms with Crippen molar-refractivity contribution in [2.24, 2.45) is 0 Å². The topological polar surface area (TPSA) is 23.8 Å². The van der Waals surface area contributed by atoms with E-state index >= 15 is 0 Å². The summed E-state index contributed by atoms with van der Waals surface area (Å²) in [7, 11) is 0. The molecule has 3 heteroatoms. The maximum absolute atomic E-state index is 13.0. The molecule has 0 aliphatic rings. The number of benzene rings is 1. The van der Waals surface area contributed by atoms with Gasteiger partial charge in [0.2, 0.25) is 0 Å². The quantitative estimate of drug-likeness (QED) is 0.686. The second-order valence-electron chi connectivity index (χ2n) is 2.72. The van der Waals surface area contributed by atoms with Crippen molar-refractivity contribution in [2.75, 3.05) is 6.67 Å². The summed E-state index contributed by atoms with van der Waals surface area (Å²) in [5, 5.41) is 8.43. The second-order valence-corrected chi connectivity index (χ2v) is 2.72. The summed E-state index contributed by atoms with van der Waals surface area (Å²) in [6, 6.07) is 5.76. The molecule has 0 atom stereocenters. The van der Waals surface area contributed by atoms with Crippen LogP contribution < -0.4 is 0 Å². The van der Waals surface area contributed by atoms with Gasteiger partial charge in [-0.3, -0.25) is 4.39 Å². The molecular formula is C10H8F2N. The zero-order valence-electron chi connectivity index (χ0n) is 7.14. The Hall–Kier alpha value is -1.43. The highest BCUT2D eigenvalue weighted by molar-refractivity contribution is 5.38. The summed E-state index contributed by atoms with van der Waals surface area (Å²) in [4.78, 5) is 0. The third kappa shape index (κ3) is 2.03. The molecule has 0 spiro atoms. The van der Waals surface area contributed by atoms with E-state index in [0.29, 0.717) is 11.5 Å². The molecule has 67 valence electrons. The van der Waals surface area contributed by atoms with Crippen molar-refractivity contribution in [3.05, 3.63) is 41.1 Å². The third-order valence-electron chi connectivity index (χ3n) is 1.78. The predicted molar refractivity (Wildman–Crippen MR) is 45.1 cm³/mol. The molecule has 0 heterocycles. The molecule has 13 heavy (non-hydrogen) atoms. The van der Waals surface area contributed by atoms with Gasteiger partial charge in [-0.15, -0.1) is 0 Å². The highest BCUT2D eigenvalue weighted by Crippen LogP contribution is 2.17. The summed E-state index contributed by atoms with van der Waals surface area (Å²) in [6.07, 6.45) is 0. The zero-order valence-corrected chi connectivity index (χ0v) is 7.14. The van der Waals surface area contributed by atoms with E-state index in [4.69, 9.17) is 5.26 Å². The van der Waals surface area contributed by atoms with Gasteiger partial charge in [0, 0.05) is 5.92 Å². The Bertz CT molecular complexity index is 341. The summed E-state index contributed by atoms with van der Waals surface area (Å²) in [6.45, 7) is 0.978. The maximum atomic E-state index is 13.0. The van der Waals surface area contributed by atoms with E-state index in [0.717, 1.165) is 0 Å². The van der Waals surface area contributed by atoms with Gasteiger partial charge < -0.3 is 0 Å². The van der Waals surface area contributed by atoms with Crippen LogP contribution in [0.3, 0.4) is 0 Å². The molecule has 0 fully saturated rings. The Balaban J connectivity index is 3.04. The molecule has 0 aliphatic carbocycles. The van der Waals surface area contributed by atoms with Gasteiger partial charge in [0.05, 0.1) is 12.2 Å². The van der Waals surface area contributed by atoms with E-state index in [2.05, 4.69) is 0 Å². The van der Waals surface area contributed by atoms with E-state index in [-0.39, 0.29) is 5.56 Å². The third-order valence-corrected chi connectivity index (χ3v) is 1.78. The largest absolute Gasteiger partial charge is 0.250 e. The van der Waals surface area contributed by atoms with Crippen LogP contribution in [-0.2, 0) is 0 Å². The van der Waals surface area contributed by atoms with E-state index in [1.807, 2.05) is 0 Å². The smallest absolute Gasteiger partial charge is 0.141 e. The van der Waals surface area contributed by atoms with Gasteiger partial charge in [0.15, 0.2) is 0 Å². The Kier molecular flexibility index (Phi) is 2.97. The number of rotatable bonds is 2. The molecule has 0 saturated heterocycles. The van der Waals surface area contributed by atoms with Gasteiger partial charge in [-0.05, 0) is 17.7 Å². The van der Waals surface area contributed by atoms with Gasteiger partial charge >= 0.3 is 0 Å². The highest BCUT2D eigenvalue weighted by atomic mass is 19.1. The molecule has 0 aromatic heterocycles. The van der Waals surface area contributed by atoms with E-state index in [1.165, 1.54) is 18.2 Å². The first-order valence-electron chi connectivity index (χ1n) is 3.77. The molecule has 0 bridgehead atoms. The van der Waals surface area contributed by atoms with Crippen LogP contribution in [0.25, 0.3) is 0 Å². The molecule has 0 amide bonds. The lowest BCUT2D eigenvalue weighted by Gasteiger charge is -2.06. The van der Waals surface area contributed by atoms with Crippen LogP contribution in [0.2, 0.25) is 0 Å². The minimum absolute atomic E-state index is 0.0181. The number of hydrogen-bond donors (Lipinski definition) is 0. The summed E-state index contributed by atoms with van der Waals surface area (Å²) >= 11 is 0. The summed E-state index contributed by atoms with van der Waals surface area (Å²) in [5.74, 6) is -0.142. The van der Waals surface area contributed by atoms with Gasteiger partial charge in [-0.1, -0.05) is 13.0 Å². The van der Waals surface area contributed by atoms with Crippen molar-refractivity contribution < 1.29 is 8.78 Å². The summed E-state index contributed by atoms with van der Waals surface area (Å²) < 4.78 is 25.2. The van der Waals surface area contributed by atoms with Crippen molar-refractivity contribution >= 4 is 0 Å². The monoisotopic (exact) mass is 180 g/mol. The Morgan fingerprint density at radius 3 is 2.69 bits per heavy atom. The minimum atomic E-state index is -0.606. The molecule has 0 aliphatic heterocycles. The van der Waals surface area contributed by atoms with Crippen LogP contribution >= 0.6 is 0 Å². The fraction of sp³-hybridized carbons (Fsp3) is 0.200. The Morgan fingerprint density at radius 1 is 1.54 bits per heavy atom. The van der Waals surface area contributed by atoms with Gasteiger partial charge in [0.1, 0.15) is 11.9 Å². The average Bonchev–Trinajstić information content (AvgIpc) is 2.16. The number of halogens is 2. The Morgan fingerprint density at radius 2 is 2.23 bits per heavy atom. The standard InChI is InChI=1S/C10H8F2N/c1-7(5-11)8-2-3-9(6-13)10(12)4-8/h2-4H,5H2,1H3. The molecule has 1 rings (SSSR count). The molecule has 1 aromatic rings. The van der Waals surface area contributed by atoms with Gasteiger partial charge in [-0.2, -0.15) is 5.26 Å². The minimum Gasteiger partial charge on any atom is -0.250 e. The highest BCUT2D eigenvalue weighted by Gasteiger charge is 2.08. The SMILES string of the molecule is C[C](CF)c1ccc(C#N)c(F)c1. The van der Waals surface area contributed by atoms with Crippen molar-refractivity contribution in [2.45, 2.75) is 6.92 Å². The summed E-state index contributed by atoms with van der Waals surface area (Å²) in [5.41, 5.74) is 0.481. The van der Waals surface area contributed by atoms with E-state index < -0.39 is 12.5 Å². The molecule has 0 unspecified atom stereocenters. The lowest BCUT2D eigenvalue weighted by Crippen LogP contribution is -1.98. The lowest BCUT2D eigenvalue weighted by molar-refractivity contribution is 0.515. The van der Waals surface area contributed by atoms with Crippen molar-refractivity contribution in [1.82, 2.24) is 0 Å². The van der Waals surface area contributed by atoms with Crippen LogP contribution in [0.1, 0.15) is 18.1 Å². The molecule has 1 aromatic carbocycles. The fourth-order valence-electron chi connectivity index (χ4n) is 0.948. The number of alkyl halides is 1. The van der Waals surface area contributed by atoms with E-state index in [9.17, 15) is 8.78 Å². The number of nitrogens with zero attached hydrogens (tertiary/aromatic N) is 1. The van der Waals surface area contributed by atoms with Crippen molar-refractivity contribution in [1.29, 1.82) is 5.26 Å². The first-order valence-corrected chi connectivity index (χ1v) is 3.77. The Labute approximate surface area is 75.6 Å². The first-order chi connectivity index (χ1) is 6.19. The second kappa shape index (κ2) is 3.99. The fourth-order valence-corrected chi connectivity index (χ4v) is 0.948. The first kappa shape index (κ1) is 9.66. The molecule has 0 saturated carbocycles. The average molecular weight is 180 g/mol. The van der Waals surface area contributed by atoms with Crippen molar-refractivity contribution in [3.63, 3.8) is 0 Å². The number of hydrogen-bond acceptors (Lipinski definition) is 1. The normalized spacial score (nSPS) is 10.1. The lowest BCUT2D eigenvalue weighted by atomic mass is 10.0. The van der Waals surface area contributed by atoms with Crippen LogP contribution in [0.5, 0.6) is 0 Å².